The van der Waals surface area contributed by atoms with Gasteiger partial charge in [0.2, 0.25) is 15.9 Å². The second-order valence-corrected chi connectivity index (χ2v) is 9.00. The zero-order valence-electron chi connectivity index (χ0n) is 17.6. The van der Waals surface area contributed by atoms with E-state index in [1.54, 1.807) is 0 Å². The van der Waals surface area contributed by atoms with Crippen LogP contribution in [0.4, 0.5) is 0 Å². The molecular weight excluding hydrogens is 416 g/mol. The van der Waals surface area contributed by atoms with Gasteiger partial charge in [0.15, 0.2) is 5.78 Å². The van der Waals surface area contributed by atoms with E-state index in [9.17, 15) is 18.0 Å². The van der Waals surface area contributed by atoms with Gasteiger partial charge < -0.3 is 9.88 Å². The molecule has 2 aromatic carbocycles. The van der Waals surface area contributed by atoms with Crippen LogP contribution in [0.2, 0.25) is 0 Å². The number of para-hydroxylation sites is 2. The number of rotatable bonds is 10. The molecule has 0 aliphatic rings. The summed E-state index contributed by atoms with van der Waals surface area (Å²) in [5, 5.41) is 2.81. The highest BCUT2D eigenvalue weighted by atomic mass is 32.2. The molecule has 3 aromatic rings. The number of aryl methyl sites for hydroxylation is 2. The lowest BCUT2D eigenvalue weighted by molar-refractivity contribution is -0.120. The number of hydrogen-bond acceptors (Lipinski definition) is 5. The number of aromatic nitrogens is 2. The Hall–Kier alpha value is -3.04. The van der Waals surface area contributed by atoms with Crippen molar-refractivity contribution in [3.05, 3.63) is 59.9 Å². The average Bonchev–Trinajstić information content (AvgIpc) is 3.06. The van der Waals surface area contributed by atoms with E-state index >= 15 is 0 Å². The molecule has 0 aliphatic heterocycles. The first-order valence-corrected chi connectivity index (χ1v) is 11.6. The molecule has 0 bridgehead atoms. The van der Waals surface area contributed by atoms with E-state index in [4.69, 9.17) is 0 Å². The molecular formula is C22H26N4O4S. The van der Waals surface area contributed by atoms with Gasteiger partial charge in [-0.25, -0.2) is 18.1 Å². The predicted octanol–water partition coefficient (Wildman–Crippen LogP) is 2.42. The van der Waals surface area contributed by atoms with Crippen molar-refractivity contribution in [3.8, 4) is 0 Å². The second kappa shape index (κ2) is 9.84. The predicted molar refractivity (Wildman–Crippen MR) is 118 cm³/mol. The molecule has 0 fully saturated rings. The summed E-state index contributed by atoms with van der Waals surface area (Å²) in [4.78, 5) is 27.9. The van der Waals surface area contributed by atoms with E-state index < -0.39 is 10.0 Å². The van der Waals surface area contributed by atoms with Gasteiger partial charge in [0, 0.05) is 31.6 Å². The highest BCUT2D eigenvalue weighted by molar-refractivity contribution is 7.89. The zero-order chi connectivity index (χ0) is 22.4. The van der Waals surface area contributed by atoms with Gasteiger partial charge >= 0.3 is 0 Å². The zero-order valence-corrected chi connectivity index (χ0v) is 18.4. The molecule has 9 heteroatoms. The third-order valence-corrected chi connectivity index (χ3v) is 6.42. The molecule has 2 N–H and O–H groups in total. The number of nitrogens with one attached hydrogen (secondary N) is 2. The van der Waals surface area contributed by atoms with E-state index in [0.29, 0.717) is 12.1 Å². The Bertz CT molecular complexity index is 1180. The van der Waals surface area contributed by atoms with Gasteiger partial charge in [-0.3, -0.25) is 9.59 Å². The molecule has 1 amide bonds. The molecule has 0 saturated heterocycles. The molecule has 1 heterocycles. The van der Waals surface area contributed by atoms with Gasteiger partial charge in [-0.05, 0) is 44.5 Å². The molecule has 0 aliphatic carbocycles. The van der Waals surface area contributed by atoms with E-state index in [-0.39, 0.29) is 29.6 Å². The van der Waals surface area contributed by atoms with E-state index in [1.807, 2.05) is 31.2 Å². The number of amides is 1. The lowest BCUT2D eigenvalue weighted by Gasteiger charge is -2.09. The number of Topliss-reactive ketones (excluding diaryl/α,β-unsaturated/α-hetero) is 1. The van der Waals surface area contributed by atoms with Crippen molar-refractivity contribution in [2.24, 2.45) is 0 Å². The van der Waals surface area contributed by atoms with Crippen LogP contribution in [0.25, 0.3) is 11.0 Å². The number of sulfonamides is 1. The quantitative estimate of drug-likeness (QED) is 0.370. The fraction of sp³-hybridized carbons (Fsp3) is 0.318. The van der Waals surface area contributed by atoms with Crippen molar-refractivity contribution in [2.75, 3.05) is 13.1 Å². The Balaban J connectivity index is 1.41. The van der Waals surface area contributed by atoms with Gasteiger partial charge in [0.25, 0.3) is 0 Å². The van der Waals surface area contributed by atoms with Crippen molar-refractivity contribution in [1.82, 2.24) is 19.6 Å². The number of carbonyl (C=O) groups is 2. The summed E-state index contributed by atoms with van der Waals surface area (Å²) in [7, 11) is -3.73. The van der Waals surface area contributed by atoms with Crippen LogP contribution < -0.4 is 10.0 Å². The molecule has 164 valence electrons. The lowest BCUT2D eigenvalue weighted by Crippen LogP contribution is -2.31. The van der Waals surface area contributed by atoms with Gasteiger partial charge in [-0.15, -0.1) is 0 Å². The Morgan fingerprint density at radius 3 is 2.45 bits per heavy atom. The van der Waals surface area contributed by atoms with Crippen molar-refractivity contribution < 1.29 is 18.0 Å². The minimum Gasteiger partial charge on any atom is -0.356 e. The summed E-state index contributed by atoms with van der Waals surface area (Å²) in [6, 6.07) is 13.6. The third-order valence-electron chi connectivity index (χ3n) is 4.94. The first kappa shape index (κ1) is 22.6. The van der Waals surface area contributed by atoms with E-state index in [0.717, 1.165) is 29.8 Å². The molecule has 0 saturated carbocycles. The SMILES string of the molecule is CC(=O)c1ccc(S(=O)(=O)NCCC(=O)NCCCn2c(C)nc3ccccc32)cc1. The molecule has 31 heavy (non-hydrogen) atoms. The van der Waals surface area contributed by atoms with Crippen molar-refractivity contribution in [2.45, 2.75) is 38.1 Å². The van der Waals surface area contributed by atoms with Crippen LogP contribution in [-0.4, -0.2) is 42.7 Å². The summed E-state index contributed by atoms with van der Waals surface area (Å²) in [5.74, 6) is 0.574. The number of ketones is 1. The fourth-order valence-corrected chi connectivity index (χ4v) is 4.31. The molecule has 0 atom stereocenters. The molecule has 3 rings (SSSR count). The topological polar surface area (TPSA) is 110 Å². The van der Waals surface area contributed by atoms with Gasteiger partial charge in [-0.2, -0.15) is 0 Å². The maximum Gasteiger partial charge on any atom is 0.240 e. The van der Waals surface area contributed by atoms with Crippen LogP contribution in [0.1, 0.15) is 35.9 Å². The van der Waals surface area contributed by atoms with Crippen LogP contribution in [0, 0.1) is 6.92 Å². The highest BCUT2D eigenvalue weighted by Gasteiger charge is 2.14. The van der Waals surface area contributed by atoms with Crippen molar-refractivity contribution in [3.63, 3.8) is 0 Å². The van der Waals surface area contributed by atoms with Crippen molar-refractivity contribution >= 4 is 32.7 Å². The first-order chi connectivity index (χ1) is 14.8. The fourth-order valence-electron chi connectivity index (χ4n) is 3.28. The Morgan fingerprint density at radius 1 is 1.03 bits per heavy atom. The minimum absolute atomic E-state index is 0.00606. The summed E-state index contributed by atoms with van der Waals surface area (Å²) in [6.07, 6.45) is 0.777. The second-order valence-electron chi connectivity index (χ2n) is 7.23. The van der Waals surface area contributed by atoms with Crippen LogP contribution in [0.3, 0.4) is 0 Å². The number of fused-ring (bicyclic) bond motifs is 1. The Kier molecular flexibility index (Phi) is 7.19. The first-order valence-electron chi connectivity index (χ1n) is 10.1. The molecule has 1 aromatic heterocycles. The maximum absolute atomic E-state index is 12.3. The monoisotopic (exact) mass is 442 g/mol. The highest BCUT2D eigenvalue weighted by Crippen LogP contribution is 2.15. The van der Waals surface area contributed by atoms with Gasteiger partial charge in [0.05, 0.1) is 15.9 Å². The number of hydrogen-bond donors (Lipinski definition) is 2. The summed E-state index contributed by atoms with van der Waals surface area (Å²) >= 11 is 0. The largest absolute Gasteiger partial charge is 0.356 e. The Morgan fingerprint density at radius 2 is 1.74 bits per heavy atom. The van der Waals surface area contributed by atoms with Crippen molar-refractivity contribution in [1.29, 1.82) is 0 Å². The molecule has 0 spiro atoms. The number of carbonyl (C=O) groups excluding carboxylic acids is 2. The van der Waals surface area contributed by atoms with Crippen LogP contribution in [0.15, 0.2) is 53.4 Å². The number of nitrogens with zero attached hydrogens (tertiary/aromatic N) is 2. The maximum atomic E-state index is 12.3. The standard InChI is InChI=1S/C22H26N4O4S/c1-16(27)18-8-10-19(11-9-18)31(29,30)24-14-12-22(28)23-13-5-15-26-17(2)25-20-6-3-4-7-21(20)26/h3-4,6-11,24H,5,12-15H2,1-2H3,(H,23,28). The molecule has 8 nitrogen and oxygen atoms in total. The lowest BCUT2D eigenvalue weighted by atomic mass is 10.2. The Labute approximate surface area is 181 Å². The number of benzene rings is 2. The molecule has 0 unspecified atom stereocenters. The smallest absolute Gasteiger partial charge is 0.240 e. The minimum atomic E-state index is -3.73. The number of imidazole rings is 1. The van der Waals surface area contributed by atoms with E-state index in [1.165, 1.54) is 31.2 Å². The van der Waals surface area contributed by atoms with Crippen LogP contribution in [-0.2, 0) is 21.4 Å². The summed E-state index contributed by atoms with van der Waals surface area (Å²) in [5.41, 5.74) is 2.46. The third kappa shape index (κ3) is 5.77. The normalized spacial score (nSPS) is 11.5. The van der Waals surface area contributed by atoms with Gasteiger partial charge in [0.1, 0.15) is 5.82 Å². The summed E-state index contributed by atoms with van der Waals surface area (Å²) in [6.45, 7) is 4.59. The summed E-state index contributed by atoms with van der Waals surface area (Å²) < 4.78 is 29.1. The average molecular weight is 443 g/mol. The van der Waals surface area contributed by atoms with E-state index in [2.05, 4.69) is 19.6 Å². The molecule has 0 radical (unpaired) electrons. The van der Waals surface area contributed by atoms with Crippen LogP contribution in [0.5, 0.6) is 0 Å². The van der Waals surface area contributed by atoms with Gasteiger partial charge in [-0.1, -0.05) is 24.3 Å². The van der Waals surface area contributed by atoms with Crippen LogP contribution >= 0.6 is 0 Å².